The van der Waals surface area contributed by atoms with Crippen molar-refractivity contribution in [2.24, 2.45) is 5.10 Å². The van der Waals surface area contributed by atoms with Crippen LogP contribution in [0.1, 0.15) is 23.0 Å². The van der Waals surface area contributed by atoms with Crippen molar-refractivity contribution in [2.75, 3.05) is 5.32 Å². The van der Waals surface area contributed by atoms with E-state index < -0.39 is 22.3 Å². The number of hydrogen-bond acceptors (Lipinski definition) is 6. The SMILES string of the molecule is CC(=O)Nc1ccc(C(=O)N/N=C\c2ccc(-c3ccc(F)c([N+](=O)[O-])c3)o2)cc1. The van der Waals surface area contributed by atoms with Crippen LogP contribution in [0.3, 0.4) is 0 Å². The quantitative estimate of drug-likeness (QED) is 0.364. The molecule has 2 amide bonds. The maximum absolute atomic E-state index is 13.4. The first-order valence-electron chi connectivity index (χ1n) is 8.58. The Morgan fingerprint density at radius 2 is 1.87 bits per heavy atom. The van der Waals surface area contributed by atoms with Crippen LogP contribution in [-0.2, 0) is 4.79 Å². The van der Waals surface area contributed by atoms with Crippen molar-refractivity contribution >= 4 is 29.4 Å². The van der Waals surface area contributed by atoms with Gasteiger partial charge in [-0.3, -0.25) is 19.7 Å². The third kappa shape index (κ3) is 4.93. The van der Waals surface area contributed by atoms with Crippen LogP contribution in [0.25, 0.3) is 11.3 Å². The summed E-state index contributed by atoms with van der Waals surface area (Å²) in [4.78, 5) is 33.1. The number of halogens is 1. The topological polar surface area (TPSA) is 127 Å². The van der Waals surface area contributed by atoms with E-state index in [1.165, 1.54) is 31.3 Å². The normalized spacial score (nSPS) is 10.7. The fourth-order valence-corrected chi connectivity index (χ4v) is 2.51. The van der Waals surface area contributed by atoms with Crippen molar-refractivity contribution in [3.8, 4) is 11.3 Å². The highest BCUT2D eigenvalue weighted by Crippen LogP contribution is 2.27. The first-order valence-corrected chi connectivity index (χ1v) is 8.58. The average Bonchev–Trinajstić information content (AvgIpc) is 3.17. The highest BCUT2D eigenvalue weighted by Gasteiger charge is 2.16. The molecular formula is C20H15FN4O5. The first kappa shape index (κ1) is 20.4. The zero-order chi connectivity index (χ0) is 21.7. The predicted molar refractivity (Wildman–Crippen MR) is 107 cm³/mol. The fraction of sp³-hybridized carbons (Fsp3) is 0.0500. The van der Waals surface area contributed by atoms with E-state index in [0.29, 0.717) is 16.8 Å². The van der Waals surface area contributed by atoms with Gasteiger partial charge in [0.05, 0.1) is 11.1 Å². The lowest BCUT2D eigenvalue weighted by Crippen LogP contribution is -2.17. The van der Waals surface area contributed by atoms with Gasteiger partial charge in [0, 0.05) is 29.8 Å². The lowest BCUT2D eigenvalue weighted by molar-refractivity contribution is -0.387. The minimum atomic E-state index is -0.940. The standard InChI is InChI=1S/C20H15FN4O5/c1-12(26)23-15-5-2-13(3-6-15)20(27)24-22-11-16-7-9-19(30-16)14-4-8-17(21)18(10-14)25(28)29/h2-11H,1H3,(H,23,26)(H,24,27)/b22-11-. The second-order valence-corrected chi connectivity index (χ2v) is 6.08. The summed E-state index contributed by atoms with van der Waals surface area (Å²) in [5.41, 5.74) is 2.90. The number of benzene rings is 2. The molecule has 2 N–H and O–H groups in total. The summed E-state index contributed by atoms with van der Waals surface area (Å²) in [6.45, 7) is 1.38. The van der Waals surface area contributed by atoms with Gasteiger partial charge in [0.15, 0.2) is 0 Å². The van der Waals surface area contributed by atoms with Gasteiger partial charge in [-0.1, -0.05) is 0 Å². The second kappa shape index (κ2) is 8.78. The van der Waals surface area contributed by atoms with Crippen LogP contribution in [0.2, 0.25) is 0 Å². The molecule has 0 aliphatic rings. The van der Waals surface area contributed by atoms with E-state index in [-0.39, 0.29) is 17.4 Å². The molecule has 0 spiro atoms. The number of carbonyl (C=O) groups is 2. The van der Waals surface area contributed by atoms with E-state index in [0.717, 1.165) is 12.1 Å². The number of nitrogens with one attached hydrogen (secondary N) is 2. The van der Waals surface area contributed by atoms with Crippen molar-refractivity contribution in [3.63, 3.8) is 0 Å². The number of nitro groups is 1. The Morgan fingerprint density at radius 3 is 2.53 bits per heavy atom. The van der Waals surface area contributed by atoms with Crippen LogP contribution in [0.15, 0.2) is 64.1 Å². The number of hydrazone groups is 1. The Labute approximate surface area is 169 Å². The Morgan fingerprint density at radius 1 is 1.13 bits per heavy atom. The molecule has 0 radical (unpaired) electrons. The van der Waals surface area contributed by atoms with E-state index in [2.05, 4.69) is 15.8 Å². The van der Waals surface area contributed by atoms with Crippen LogP contribution < -0.4 is 10.7 Å². The number of hydrogen-bond donors (Lipinski definition) is 2. The van der Waals surface area contributed by atoms with Gasteiger partial charge in [-0.05, 0) is 48.5 Å². The summed E-state index contributed by atoms with van der Waals surface area (Å²) in [7, 11) is 0. The summed E-state index contributed by atoms with van der Waals surface area (Å²) in [5, 5.41) is 17.2. The molecule has 0 unspecified atom stereocenters. The molecule has 0 fully saturated rings. The Balaban J connectivity index is 1.64. The summed E-state index contributed by atoms with van der Waals surface area (Å²) in [6.07, 6.45) is 1.25. The van der Waals surface area contributed by atoms with Crippen LogP contribution in [0, 0.1) is 15.9 Å². The van der Waals surface area contributed by atoms with E-state index in [1.54, 1.807) is 24.3 Å². The lowest BCUT2D eigenvalue weighted by Gasteiger charge is -2.03. The van der Waals surface area contributed by atoms with Crippen LogP contribution in [0.4, 0.5) is 15.8 Å². The van der Waals surface area contributed by atoms with Crippen LogP contribution in [-0.4, -0.2) is 23.0 Å². The van der Waals surface area contributed by atoms with Gasteiger partial charge in [0.25, 0.3) is 5.91 Å². The van der Waals surface area contributed by atoms with Crippen molar-refractivity contribution in [3.05, 3.63) is 81.9 Å². The average molecular weight is 410 g/mol. The molecule has 1 heterocycles. The number of nitro benzene ring substituents is 1. The molecule has 152 valence electrons. The summed E-state index contributed by atoms with van der Waals surface area (Å²) in [6, 6.07) is 12.7. The monoisotopic (exact) mass is 410 g/mol. The van der Waals surface area contributed by atoms with E-state index in [9.17, 15) is 24.1 Å². The van der Waals surface area contributed by atoms with Gasteiger partial charge in [-0.15, -0.1) is 0 Å². The smallest absolute Gasteiger partial charge is 0.305 e. The largest absolute Gasteiger partial charge is 0.455 e. The Bertz CT molecular complexity index is 1140. The second-order valence-electron chi connectivity index (χ2n) is 6.08. The van der Waals surface area contributed by atoms with Gasteiger partial charge in [0.1, 0.15) is 11.5 Å². The molecule has 3 aromatic rings. The maximum atomic E-state index is 13.4. The van der Waals surface area contributed by atoms with Gasteiger partial charge >= 0.3 is 5.69 Å². The molecule has 3 rings (SSSR count). The molecule has 10 heteroatoms. The number of nitrogens with zero attached hydrogens (tertiary/aromatic N) is 2. The third-order valence-corrected chi connectivity index (χ3v) is 3.88. The fourth-order valence-electron chi connectivity index (χ4n) is 2.51. The van der Waals surface area contributed by atoms with Crippen molar-refractivity contribution in [1.82, 2.24) is 5.43 Å². The van der Waals surface area contributed by atoms with Crippen molar-refractivity contribution < 1.29 is 23.3 Å². The molecule has 0 aliphatic heterocycles. The number of amides is 2. The summed E-state index contributed by atoms with van der Waals surface area (Å²) < 4.78 is 18.9. The van der Waals surface area contributed by atoms with Gasteiger partial charge in [-0.2, -0.15) is 9.49 Å². The van der Waals surface area contributed by atoms with E-state index in [1.807, 2.05) is 0 Å². The molecular weight excluding hydrogens is 395 g/mol. The maximum Gasteiger partial charge on any atom is 0.305 e. The summed E-state index contributed by atoms with van der Waals surface area (Å²) >= 11 is 0. The van der Waals surface area contributed by atoms with E-state index in [4.69, 9.17) is 4.42 Å². The molecule has 0 atom stereocenters. The lowest BCUT2D eigenvalue weighted by atomic mass is 10.1. The van der Waals surface area contributed by atoms with Gasteiger partial charge in [0.2, 0.25) is 11.7 Å². The summed E-state index contributed by atoms with van der Waals surface area (Å²) in [5.74, 6) is -1.07. The number of furan rings is 1. The molecule has 0 aliphatic carbocycles. The number of rotatable bonds is 6. The first-order chi connectivity index (χ1) is 14.3. The Kier molecular flexibility index (Phi) is 5.97. The molecule has 9 nitrogen and oxygen atoms in total. The van der Waals surface area contributed by atoms with Crippen molar-refractivity contribution in [2.45, 2.75) is 6.92 Å². The van der Waals surface area contributed by atoms with E-state index >= 15 is 0 Å². The van der Waals surface area contributed by atoms with Crippen LogP contribution in [0.5, 0.6) is 0 Å². The van der Waals surface area contributed by atoms with Gasteiger partial charge < -0.3 is 9.73 Å². The van der Waals surface area contributed by atoms with Crippen molar-refractivity contribution in [1.29, 1.82) is 0 Å². The Hall–Kier alpha value is -4.34. The zero-order valence-electron chi connectivity index (χ0n) is 15.6. The minimum absolute atomic E-state index is 0.218. The molecule has 30 heavy (non-hydrogen) atoms. The number of anilines is 1. The molecule has 0 bridgehead atoms. The van der Waals surface area contributed by atoms with Gasteiger partial charge in [-0.25, -0.2) is 5.43 Å². The third-order valence-electron chi connectivity index (χ3n) is 3.88. The minimum Gasteiger partial charge on any atom is -0.455 e. The highest BCUT2D eigenvalue weighted by atomic mass is 19.1. The number of carbonyl (C=O) groups excluding carboxylic acids is 2. The predicted octanol–water partition coefficient (Wildman–Crippen LogP) is 3.72. The molecule has 1 aromatic heterocycles. The zero-order valence-corrected chi connectivity index (χ0v) is 15.6. The van der Waals surface area contributed by atoms with Crippen LogP contribution >= 0.6 is 0 Å². The highest BCUT2D eigenvalue weighted by molar-refractivity contribution is 5.96. The molecule has 0 saturated carbocycles. The molecule has 2 aromatic carbocycles. The molecule has 0 saturated heterocycles.